The minimum Gasteiger partial charge on any atom is -0.496 e. The summed E-state index contributed by atoms with van der Waals surface area (Å²) in [6, 6.07) is 19.7. The second-order valence-electron chi connectivity index (χ2n) is 8.61. The zero-order valence-corrected chi connectivity index (χ0v) is 20.8. The van der Waals surface area contributed by atoms with Gasteiger partial charge in [0.15, 0.2) is 5.11 Å². The van der Waals surface area contributed by atoms with Gasteiger partial charge in [0.25, 0.3) is 5.69 Å². The summed E-state index contributed by atoms with van der Waals surface area (Å²) in [4.78, 5) is 17.4. The average molecular weight is 501 g/mol. The van der Waals surface area contributed by atoms with Crippen molar-refractivity contribution >= 4 is 28.7 Å². The zero-order valence-electron chi connectivity index (χ0n) is 20.0. The fraction of sp³-hybridized carbons (Fsp3) is 0.185. The van der Waals surface area contributed by atoms with Crippen LogP contribution in [0.1, 0.15) is 34.7 Å². The molecule has 0 unspecified atom stereocenters. The molecule has 3 heterocycles. The molecule has 0 bridgehead atoms. The quantitative estimate of drug-likeness (QED) is 0.194. The SMILES string of the molecule is COc1cc([N+](=O)[O-])ccc1-c1ccc([C@H]2[C@@H](c3ccccn3)NC(=S)N2c2ccc(C)c(C)c2)o1. The van der Waals surface area contributed by atoms with Gasteiger partial charge in [0.05, 0.1) is 35.4 Å². The number of nitrogens with one attached hydrogen (secondary N) is 1. The number of aryl methyl sites for hydroxylation is 2. The first-order valence-electron chi connectivity index (χ1n) is 11.4. The van der Waals surface area contributed by atoms with Crippen LogP contribution in [0.4, 0.5) is 11.4 Å². The number of nitrogens with zero attached hydrogens (tertiary/aromatic N) is 3. The summed E-state index contributed by atoms with van der Waals surface area (Å²) in [5, 5.41) is 15.2. The minimum absolute atomic E-state index is 0.0520. The van der Waals surface area contributed by atoms with E-state index in [2.05, 4.69) is 41.2 Å². The number of nitro benzene ring substituents is 1. The number of methoxy groups -OCH3 is 1. The first-order valence-corrected chi connectivity index (χ1v) is 11.8. The predicted molar refractivity (Wildman–Crippen MR) is 141 cm³/mol. The molecule has 1 fully saturated rings. The number of pyridine rings is 1. The predicted octanol–water partition coefficient (Wildman–Crippen LogP) is 6.05. The normalized spacial score (nSPS) is 17.2. The molecule has 5 rings (SSSR count). The van der Waals surface area contributed by atoms with E-state index in [1.165, 1.54) is 24.8 Å². The first-order chi connectivity index (χ1) is 17.4. The number of ether oxygens (including phenoxy) is 1. The van der Waals surface area contributed by atoms with E-state index in [9.17, 15) is 10.1 Å². The molecule has 4 aromatic rings. The molecule has 1 N–H and O–H groups in total. The molecule has 1 aliphatic heterocycles. The van der Waals surface area contributed by atoms with E-state index in [1.54, 1.807) is 12.3 Å². The molecule has 0 amide bonds. The molecule has 2 atom stereocenters. The largest absolute Gasteiger partial charge is 0.496 e. The maximum atomic E-state index is 11.2. The number of nitro groups is 1. The Morgan fingerprint density at radius 3 is 2.61 bits per heavy atom. The topological polar surface area (TPSA) is 93.7 Å². The van der Waals surface area contributed by atoms with Gasteiger partial charge in [-0.1, -0.05) is 12.1 Å². The molecular weight excluding hydrogens is 476 g/mol. The number of hydrogen-bond acceptors (Lipinski definition) is 6. The maximum absolute atomic E-state index is 11.2. The molecule has 182 valence electrons. The highest BCUT2D eigenvalue weighted by molar-refractivity contribution is 7.80. The summed E-state index contributed by atoms with van der Waals surface area (Å²) in [5.41, 5.74) is 4.71. The molecule has 9 heteroatoms. The summed E-state index contributed by atoms with van der Waals surface area (Å²) in [7, 11) is 1.48. The smallest absolute Gasteiger partial charge is 0.273 e. The molecule has 0 spiro atoms. The van der Waals surface area contributed by atoms with Crippen molar-refractivity contribution in [3.05, 3.63) is 106 Å². The molecule has 0 radical (unpaired) electrons. The molecule has 2 aromatic heterocycles. The second kappa shape index (κ2) is 9.43. The van der Waals surface area contributed by atoms with Gasteiger partial charge in [0.2, 0.25) is 0 Å². The molecule has 36 heavy (non-hydrogen) atoms. The third-order valence-corrected chi connectivity index (χ3v) is 6.76. The van der Waals surface area contributed by atoms with E-state index in [0.29, 0.717) is 27.9 Å². The Labute approximate surface area is 213 Å². The van der Waals surface area contributed by atoms with Crippen LogP contribution in [-0.2, 0) is 0 Å². The molecule has 1 saturated heterocycles. The summed E-state index contributed by atoms with van der Waals surface area (Å²) in [6.45, 7) is 4.15. The average Bonchev–Trinajstić information content (AvgIpc) is 3.50. The van der Waals surface area contributed by atoms with E-state index < -0.39 is 4.92 Å². The highest BCUT2D eigenvalue weighted by atomic mass is 32.1. The second-order valence-corrected chi connectivity index (χ2v) is 9.00. The van der Waals surface area contributed by atoms with Crippen LogP contribution in [-0.4, -0.2) is 22.1 Å². The Morgan fingerprint density at radius 1 is 1.08 bits per heavy atom. The minimum atomic E-state index is -0.454. The van der Waals surface area contributed by atoms with Gasteiger partial charge in [-0.15, -0.1) is 0 Å². The van der Waals surface area contributed by atoms with Crippen LogP contribution in [0.5, 0.6) is 5.75 Å². The van der Waals surface area contributed by atoms with Crippen LogP contribution in [0.2, 0.25) is 0 Å². The van der Waals surface area contributed by atoms with E-state index in [-0.39, 0.29) is 17.8 Å². The molecule has 1 aliphatic rings. The Morgan fingerprint density at radius 2 is 1.92 bits per heavy atom. The number of hydrogen-bond donors (Lipinski definition) is 1. The van der Waals surface area contributed by atoms with Crippen LogP contribution in [0.15, 0.2) is 77.3 Å². The molecule has 8 nitrogen and oxygen atoms in total. The number of anilines is 1. The number of aromatic nitrogens is 1. The molecular formula is C27H24N4O4S. The standard InChI is InChI=1S/C27H24N4O4S/c1-16-7-8-18(14-17(16)2)30-26(25(29-27(30)36)21-6-4-5-13-28-21)23-12-11-22(35-23)20-10-9-19(31(32)33)15-24(20)34-3/h4-15,25-26H,1-3H3,(H,29,36)/t25-,26+/m1/s1. The highest BCUT2D eigenvalue weighted by Crippen LogP contribution is 2.44. The summed E-state index contributed by atoms with van der Waals surface area (Å²) in [6.07, 6.45) is 1.76. The van der Waals surface area contributed by atoms with Crippen molar-refractivity contribution in [1.29, 1.82) is 0 Å². The third-order valence-electron chi connectivity index (χ3n) is 6.45. The van der Waals surface area contributed by atoms with Crippen LogP contribution in [0.25, 0.3) is 11.3 Å². The summed E-state index contributed by atoms with van der Waals surface area (Å²) >= 11 is 5.79. The van der Waals surface area contributed by atoms with Crippen molar-refractivity contribution in [1.82, 2.24) is 10.3 Å². The fourth-order valence-corrected chi connectivity index (χ4v) is 4.80. The Bertz CT molecular complexity index is 1450. The Hall–Kier alpha value is -4.24. The van der Waals surface area contributed by atoms with Gasteiger partial charge in [-0.25, -0.2) is 0 Å². The lowest BCUT2D eigenvalue weighted by Crippen LogP contribution is -2.29. The number of benzene rings is 2. The van der Waals surface area contributed by atoms with E-state index >= 15 is 0 Å². The van der Waals surface area contributed by atoms with Crippen molar-refractivity contribution in [2.75, 3.05) is 12.0 Å². The van der Waals surface area contributed by atoms with E-state index in [0.717, 1.165) is 16.9 Å². The van der Waals surface area contributed by atoms with Gasteiger partial charge in [0.1, 0.15) is 23.3 Å². The zero-order chi connectivity index (χ0) is 25.4. The lowest BCUT2D eigenvalue weighted by molar-refractivity contribution is -0.384. The van der Waals surface area contributed by atoms with Crippen LogP contribution in [0, 0.1) is 24.0 Å². The van der Waals surface area contributed by atoms with Gasteiger partial charge in [-0.2, -0.15) is 0 Å². The lowest BCUT2D eigenvalue weighted by atomic mass is 10.0. The Kier molecular flexibility index (Phi) is 6.15. The van der Waals surface area contributed by atoms with Gasteiger partial charge >= 0.3 is 0 Å². The van der Waals surface area contributed by atoms with Crippen molar-refractivity contribution in [2.45, 2.75) is 25.9 Å². The lowest BCUT2D eigenvalue weighted by Gasteiger charge is -2.26. The first kappa shape index (κ1) is 23.5. The van der Waals surface area contributed by atoms with Crippen molar-refractivity contribution in [3.8, 4) is 17.1 Å². The van der Waals surface area contributed by atoms with Crippen LogP contribution >= 0.6 is 12.2 Å². The van der Waals surface area contributed by atoms with Gasteiger partial charge in [0, 0.05) is 18.0 Å². The van der Waals surface area contributed by atoms with Gasteiger partial charge in [-0.3, -0.25) is 15.1 Å². The Balaban J connectivity index is 1.60. The summed E-state index contributed by atoms with van der Waals surface area (Å²) < 4.78 is 11.8. The number of furan rings is 1. The molecule has 0 saturated carbocycles. The highest BCUT2D eigenvalue weighted by Gasteiger charge is 2.42. The van der Waals surface area contributed by atoms with E-state index in [4.69, 9.17) is 21.4 Å². The molecule has 0 aliphatic carbocycles. The number of non-ortho nitro benzene ring substituents is 1. The van der Waals surface area contributed by atoms with Crippen molar-refractivity contribution in [2.24, 2.45) is 0 Å². The van der Waals surface area contributed by atoms with E-state index in [1.807, 2.05) is 36.4 Å². The monoisotopic (exact) mass is 500 g/mol. The number of thiocarbonyl (C=S) groups is 1. The summed E-state index contributed by atoms with van der Waals surface area (Å²) in [5.74, 6) is 1.57. The van der Waals surface area contributed by atoms with Crippen LogP contribution < -0.4 is 15.0 Å². The van der Waals surface area contributed by atoms with Crippen LogP contribution in [0.3, 0.4) is 0 Å². The van der Waals surface area contributed by atoms with Gasteiger partial charge < -0.3 is 19.4 Å². The van der Waals surface area contributed by atoms with Crippen molar-refractivity contribution in [3.63, 3.8) is 0 Å². The number of rotatable bonds is 6. The third kappa shape index (κ3) is 4.18. The molecule has 2 aromatic carbocycles. The van der Waals surface area contributed by atoms with Gasteiger partial charge in [-0.05, 0) is 79.7 Å². The fourth-order valence-electron chi connectivity index (χ4n) is 4.45. The van der Waals surface area contributed by atoms with Crippen molar-refractivity contribution < 1.29 is 14.1 Å². The maximum Gasteiger partial charge on any atom is 0.273 e.